The first-order valence-electron chi connectivity index (χ1n) is 8.19. The highest BCUT2D eigenvalue weighted by atomic mass is 35.5. The largest absolute Gasteiger partial charge is 0.494 e. The maximum absolute atomic E-state index is 10.9. The van der Waals surface area contributed by atoms with E-state index in [1.165, 1.54) is 0 Å². The molecule has 0 aliphatic heterocycles. The minimum absolute atomic E-state index is 0.147. The van der Waals surface area contributed by atoms with Gasteiger partial charge in [-0.25, -0.2) is 0 Å². The van der Waals surface area contributed by atoms with Gasteiger partial charge in [-0.3, -0.25) is 4.57 Å². The third-order valence-electron chi connectivity index (χ3n) is 5.39. The summed E-state index contributed by atoms with van der Waals surface area (Å²) in [4.78, 5) is 0. The summed E-state index contributed by atoms with van der Waals surface area (Å²) in [5.41, 5.74) is 2.51. The maximum atomic E-state index is 10.9. The summed E-state index contributed by atoms with van der Waals surface area (Å²) in [6.07, 6.45) is 6.35. The monoisotopic (exact) mass is 337 g/mol. The molecule has 3 nitrogen and oxygen atoms in total. The third kappa shape index (κ3) is 1.68. The second-order valence-corrected chi connectivity index (χ2v) is 7.00. The molecule has 0 saturated heterocycles. The Hall–Kier alpha value is -2.39. The number of benzene rings is 2. The molecule has 3 aliphatic carbocycles. The van der Waals surface area contributed by atoms with Crippen molar-refractivity contribution in [3.8, 4) is 17.4 Å². The van der Waals surface area contributed by atoms with Gasteiger partial charge in [-0.15, -0.1) is 0 Å². The van der Waals surface area contributed by atoms with Crippen LogP contribution in [0.3, 0.4) is 0 Å². The number of halogens is 1. The fourth-order valence-corrected chi connectivity index (χ4v) is 4.51. The molecule has 120 valence electrons. The number of aromatic nitrogens is 1. The number of nitrogens with zero attached hydrogens (tertiary/aromatic N) is 1. The van der Waals surface area contributed by atoms with Gasteiger partial charge in [0, 0.05) is 38.8 Å². The van der Waals surface area contributed by atoms with Crippen LogP contribution in [0.2, 0.25) is 5.02 Å². The van der Waals surface area contributed by atoms with Crippen molar-refractivity contribution in [3.05, 3.63) is 64.7 Å². The first-order chi connectivity index (χ1) is 11.7. The van der Waals surface area contributed by atoms with E-state index in [2.05, 4.69) is 12.2 Å². The van der Waals surface area contributed by atoms with Crippen molar-refractivity contribution in [1.82, 2.24) is 4.57 Å². The van der Waals surface area contributed by atoms with Gasteiger partial charge in [-0.1, -0.05) is 48.0 Å². The van der Waals surface area contributed by atoms with E-state index in [9.17, 15) is 10.2 Å². The lowest BCUT2D eigenvalue weighted by Crippen LogP contribution is -2.15. The number of hydrogen-bond donors (Lipinski definition) is 2. The van der Waals surface area contributed by atoms with Crippen LogP contribution in [0.5, 0.6) is 11.8 Å². The number of rotatable bonds is 1. The van der Waals surface area contributed by atoms with Gasteiger partial charge < -0.3 is 10.2 Å². The van der Waals surface area contributed by atoms with Crippen LogP contribution in [0.15, 0.2) is 48.6 Å². The van der Waals surface area contributed by atoms with Gasteiger partial charge in [-0.05, 0) is 25.0 Å². The van der Waals surface area contributed by atoms with Crippen molar-refractivity contribution in [2.24, 2.45) is 0 Å². The summed E-state index contributed by atoms with van der Waals surface area (Å²) in [6.45, 7) is 0. The number of fused-ring (bicyclic) bond motifs is 2. The van der Waals surface area contributed by atoms with Gasteiger partial charge in [-0.2, -0.15) is 0 Å². The molecular formula is C20H16ClNO2. The van der Waals surface area contributed by atoms with Gasteiger partial charge in [0.25, 0.3) is 0 Å². The Labute approximate surface area is 144 Å². The van der Waals surface area contributed by atoms with E-state index in [-0.39, 0.29) is 23.6 Å². The number of aromatic hydroxyl groups is 2. The maximum Gasteiger partial charge on any atom is 0.202 e. The van der Waals surface area contributed by atoms with Gasteiger partial charge >= 0.3 is 0 Å². The average Bonchev–Trinajstić information content (AvgIpc) is 2.90. The minimum atomic E-state index is 0.147. The zero-order valence-electron chi connectivity index (χ0n) is 12.9. The summed E-state index contributed by atoms with van der Waals surface area (Å²) in [6, 6.07) is 11.4. The normalized spacial score (nSPS) is 21.4. The van der Waals surface area contributed by atoms with Crippen LogP contribution in [0.1, 0.15) is 35.8 Å². The van der Waals surface area contributed by atoms with Crippen molar-refractivity contribution < 1.29 is 10.2 Å². The van der Waals surface area contributed by atoms with Crippen LogP contribution >= 0.6 is 11.6 Å². The van der Waals surface area contributed by atoms with Crippen LogP contribution in [-0.4, -0.2) is 14.8 Å². The van der Waals surface area contributed by atoms with Crippen molar-refractivity contribution in [2.45, 2.75) is 24.7 Å². The molecule has 1 heterocycles. The predicted octanol–water partition coefficient (Wildman–Crippen LogP) is 5.23. The van der Waals surface area contributed by atoms with Crippen LogP contribution in [0.4, 0.5) is 0 Å². The highest BCUT2D eigenvalue weighted by Crippen LogP contribution is 2.54. The molecule has 2 aromatic carbocycles. The molecule has 2 bridgehead atoms. The Balaban J connectivity index is 1.84. The Morgan fingerprint density at radius 2 is 1.42 bits per heavy atom. The number of allylic oxidation sites excluding steroid dienone is 2. The van der Waals surface area contributed by atoms with Gasteiger partial charge in [0.15, 0.2) is 0 Å². The molecule has 24 heavy (non-hydrogen) atoms. The summed E-state index contributed by atoms with van der Waals surface area (Å²) < 4.78 is 1.57. The zero-order valence-corrected chi connectivity index (χ0v) is 13.7. The fourth-order valence-electron chi connectivity index (χ4n) is 4.28. The lowest BCUT2D eigenvalue weighted by Gasteiger charge is -2.30. The standard InChI is InChI=1S/C20H16ClNO2/c21-15-9-10-16(14-4-2-1-3-13(14)15)22-19(23)17-11-5-6-12(8-7-11)18(17)20(22)24/h1-6,9-12,23-24H,7-8H2/t11-,12+. The van der Waals surface area contributed by atoms with Crippen LogP contribution in [0.25, 0.3) is 16.5 Å². The van der Waals surface area contributed by atoms with E-state index >= 15 is 0 Å². The molecule has 4 heteroatoms. The van der Waals surface area contributed by atoms with E-state index in [1.807, 2.05) is 36.4 Å². The second kappa shape index (κ2) is 4.81. The van der Waals surface area contributed by atoms with E-state index in [0.717, 1.165) is 40.4 Å². The molecule has 0 radical (unpaired) electrons. The first kappa shape index (κ1) is 14.0. The molecule has 0 spiro atoms. The minimum Gasteiger partial charge on any atom is -0.494 e. The summed E-state index contributed by atoms with van der Waals surface area (Å²) in [7, 11) is 0. The molecule has 0 amide bonds. The van der Waals surface area contributed by atoms with Crippen molar-refractivity contribution in [2.75, 3.05) is 0 Å². The molecule has 2 atom stereocenters. The highest BCUT2D eigenvalue weighted by Gasteiger charge is 2.38. The molecule has 3 aromatic rings. The lowest BCUT2D eigenvalue weighted by molar-refractivity contribution is 0.399. The Kier molecular flexibility index (Phi) is 2.80. The molecule has 6 rings (SSSR count). The quantitative estimate of drug-likeness (QED) is 0.597. The van der Waals surface area contributed by atoms with Crippen molar-refractivity contribution in [1.29, 1.82) is 0 Å². The molecule has 3 aliphatic rings. The fraction of sp³-hybridized carbons (Fsp3) is 0.200. The smallest absolute Gasteiger partial charge is 0.202 e. The summed E-state index contributed by atoms with van der Waals surface area (Å²) in [5.74, 6) is 0.675. The molecule has 0 fully saturated rings. The Bertz CT molecular complexity index is 981. The van der Waals surface area contributed by atoms with E-state index < -0.39 is 0 Å². The zero-order chi connectivity index (χ0) is 16.4. The molecular weight excluding hydrogens is 322 g/mol. The molecule has 0 saturated carbocycles. The third-order valence-corrected chi connectivity index (χ3v) is 5.72. The van der Waals surface area contributed by atoms with Crippen molar-refractivity contribution >= 4 is 22.4 Å². The lowest BCUT2D eigenvalue weighted by atomic mass is 9.73. The van der Waals surface area contributed by atoms with Crippen LogP contribution in [0, 0.1) is 0 Å². The second-order valence-electron chi connectivity index (χ2n) is 6.60. The number of hydrogen-bond acceptors (Lipinski definition) is 2. The van der Waals surface area contributed by atoms with E-state index in [4.69, 9.17) is 11.6 Å². The van der Waals surface area contributed by atoms with E-state index in [1.54, 1.807) is 4.57 Å². The van der Waals surface area contributed by atoms with Gasteiger partial charge in [0.2, 0.25) is 11.8 Å². The van der Waals surface area contributed by atoms with E-state index in [0.29, 0.717) is 5.02 Å². The first-order valence-corrected chi connectivity index (χ1v) is 8.57. The predicted molar refractivity (Wildman–Crippen MR) is 95.5 cm³/mol. The van der Waals surface area contributed by atoms with Gasteiger partial charge in [0.05, 0.1) is 5.69 Å². The molecule has 2 N–H and O–H groups in total. The summed E-state index contributed by atoms with van der Waals surface area (Å²) >= 11 is 6.31. The Morgan fingerprint density at radius 3 is 2.00 bits per heavy atom. The van der Waals surface area contributed by atoms with Crippen LogP contribution < -0.4 is 0 Å². The molecule has 1 aromatic heterocycles. The Morgan fingerprint density at radius 1 is 0.833 bits per heavy atom. The highest BCUT2D eigenvalue weighted by molar-refractivity contribution is 6.35. The topological polar surface area (TPSA) is 45.4 Å². The van der Waals surface area contributed by atoms with Gasteiger partial charge in [0.1, 0.15) is 0 Å². The van der Waals surface area contributed by atoms with Crippen LogP contribution in [-0.2, 0) is 0 Å². The average molecular weight is 338 g/mol. The van der Waals surface area contributed by atoms with Crippen molar-refractivity contribution in [3.63, 3.8) is 0 Å². The molecule has 0 unspecified atom stereocenters. The SMILES string of the molecule is Oc1c2c(c(O)n1-c1ccc(Cl)c3ccccc13)[C@H]1C=C[C@@H]2CC1. The summed E-state index contributed by atoms with van der Waals surface area (Å²) in [5, 5.41) is 24.3.